The largest absolute Gasteiger partial charge is 0.478 e. The number of halogens is 3. The van der Waals surface area contributed by atoms with Crippen LogP contribution in [0.1, 0.15) is 33.1 Å². The Balaban J connectivity index is 1.79. The summed E-state index contributed by atoms with van der Waals surface area (Å²) in [6, 6.07) is 20.8. The highest BCUT2D eigenvalue weighted by Gasteiger charge is 2.42. The number of β-amino-alcohol motifs (C(OH)–C–C–N with tert-alkyl or cyclic N) is 1. The summed E-state index contributed by atoms with van der Waals surface area (Å²) in [7, 11) is 0. The van der Waals surface area contributed by atoms with Crippen molar-refractivity contribution >= 4 is 17.3 Å². The lowest BCUT2D eigenvalue weighted by molar-refractivity contribution is -0.200. The SMILES string of the molecule is Cc1cccc(CN2CC(c3cccc(C(=O)O)c3)N(C[C@@H](O)C(F)(F)F)c3ccccc32)c1. The molecule has 0 amide bonds. The third-order valence-corrected chi connectivity index (χ3v) is 6.02. The summed E-state index contributed by atoms with van der Waals surface area (Å²) in [5.41, 5.74) is 4.08. The number of nitrogens with zero attached hydrogens (tertiary/aromatic N) is 2. The number of aliphatic hydroxyl groups is 1. The molecule has 0 saturated carbocycles. The van der Waals surface area contributed by atoms with Gasteiger partial charge in [0.15, 0.2) is 6.10 Å². The highest BCUT2D eigenvalue weighted by atomic mass is 19.4. The van der Waals surface area contributed by atoms with E-state index in [1.54, 1.807) is 24.3 Å². The van der Waals surface area contributed by atoms with E-state index in [-0.39, 0.29) is 5.56 Å². The first-order chi connectivity index (χ1) is 16.1. The van der Waals surface area contributed by atoms with Crippen LogP contribution < -0.4 is 9.80 Å². The summed E-state index contributed by atoms with van der Waals surface area (Å²) < 4.78 is 40.0. The molecule has 3 aromatic carbocycles. The van der Waals surface area contributed by atoms with Gasteiger partial charge < -0.3 is 20.0 Å². The number of aliphatic hydroxyl groups excluding tert-OH is 1. The highest BCUT2D eigenvalue weighted by molar-refractivity contribution is 5.88. The Morgan fingerprint density at radius 3 is 2.41 bits per heavy atom. The molecule has 2 atom stereocenters. The molecular weight excluding hydrogens is 445 g/mol. The number of para-hydroxylation sites is 2. The first-order valence-electron chi connectivity index (χ1n) is 10.9. The molecule has 8 heteroatoms. The number of carboxylic acids is 1. The van der Waals surface area contributed by atoms with E-state index >= 15 is 0 Å². The number of carboxylic acid groups (broad SMARTS) is 1. The van der Waals surface area contributed by atoms with Gasteiger partial charge in [-0.1, -0.05) is 54.1 Å². The Morgan fingerprint density at radius 2 is 1.74 bits per heavy atom. The van der Waals surface area contributed by atoms with Gasteiger partial charge in [-0.3, -0.25) is 0 Å². The van der Waals surface area contributed by atoms with Crippen molar-refractivity contribution in [3.05, 3.63) is 95.1 Å². The third kappa shape index (κ3) is 5.02. The van der Waals surface area contributed by atoms with E-state index in [0.717, 1.165) is 16.8 Å². The van der Waals surface area contributed by atoms with Crippen molar-refractivity contribution in [2.24, 2.45) is 0 Å². The molecule has 1 heterocycles. The molecular formula is C26H25F3N2O3. The molecule has 1 unspecified atom stereocenters. The summed E-state index contributed by atoms with van der Waals surface area (Å²) in [6.07, 6.45) is -7.32. The zero-order chi connectivity index (χ0) is 24.5. The molecule has 1 aliphatic rings. The van der Waals surface area contributed by atoms with Gasteiger partial charge in [0, 0.05) is 13.1 Å². The molecule has 3 aromatic rings. The van der Waals surface area contributed by atoms with Crippen LogP contribution in [-0.4, -0.2) is 41.6 Å². The maximum absolute atomic E-state index is 13.3. The summed E-state index contributed by atoms with van der Waals surface area (Å²) in [5.74, 6) is -1.11. The summed E-state index contributed by atoms with van der Waals surface area (Å²) in [6.45, 7) is 2.18. The number of benzene rings is 3. The summed E-state index contributed by atoms with van der Waals surface area (Å²) >= 11 is 0. The molecule has 0 bridgehead atoms. The smallest absolute Gasteiger partial charge is 0.416 e. The van der Waals surface area contributed by atoms with E-state index < -0.39 is 30.8 Å². The van der Waals surface area contributed by atoms with E-state index in [4.69, 9.17) is 0 Å². The minimum atomic E-state index is -4.78. The lowest BCUT2D eigenvalue weighted by Gasteiger charge is -2.45. The van der Waals surface area contributed by atoms with Crippen molar-refractivity contribution in [3.8, 4) is 0 Å². The van der Waals surface area contributed by atoms with Crippen molar-refractivity contribution in [1.29, 1.82) is 0 Å². The van der Waals surface area contributed by atoms with Crippen molar-refractivity contribution in [2.45, 2.75) is 31.8 Å². The third-order valence-electron chi connectivity index (χ3n) is 6.02. The number of fused-ring (bicyclic) bond motifs is 1. The maximum atomic E-state index is 13.3. The second-order valence-corrected chi connectivity index (χ2v) is 8.51. The van der Waals surface area contributed by atoms with Gasteiger partial charge in [-0.25, -0.2) is 4.79 Å². The fraction of sp³-hybridized carbons (Fsp3) is 0.269. The predicted molar refractivity (Wildman–Crippen MR) is 124 cm³/mol. The first-order valence-corrected chi connectivity index (χ1v) is 10.9. The lowest BCUT2D eigenvalue weighted by Crippen LogP contribution is -2.49. The van der Waals surface area contributed by atoms with E-state index in [0.29, 0.717) is 24.3 Å². The number of aromatic carboxylic acids is 1. The molecule has 5 nitrogen and oxygen atoms in total. The number of alkyl halides is 3. The monoisotopic (exact) mass is 470 g/mol. The number of rotatable bonds is 6. The number of aryl methyl sites for hydroxylation is 1. The second-order valence-electron chi connectivity index (χ2n) is 8.51. The molecule has 0 radical (unpaired) electrons. The van der Waals surface area contributed by atoms with Crippen molar-refractivity contribution in [1.82, 2.24) is 0 Å². The number of carbonyl (C=O) groups is 1. The Bertz CT molecular complexity index is 1180. The maximum Gasteiger partial charge on any atom is 0.416 e. The molecule has 1 aliphatic heterocycles. The van der Waals surface area contributed by atoms with Crippen LogP contribution in [0, 0.1) is 6.92 Å². The zero-order valence-corrected chi connectivity index (χ0v) is 18.5. The van der Waals surface area contributed by atoms with Crippen molar-refractivity contribution in [3.63, 3.8) is 0 Å². The van der Waals surface area contributed by atoms with E-state index in [2.05, 4.69) is 11.0 Å². The van der Waals surface area contributed by atoms with Gasteiger partial charge in [0.2, 0.25) is 0 Å². The van der Waals surface area contributed by atoms with Crippen LogP contribution in [0.25, 0.3) is 0 Å². The number of hydrogen-bond donors (Lipinski definition) is 2. The first kappa shape index (κ1) is 23.6. The lowest BCUT2D eigenvalue weighted by atomic mass is 9.96. The highest BCUT2D eigenvalue weighted by Crippen LogP contribution is 2.42. The summed E-state index contributed by atoms with van der Waals surface area (Å²) in [4.78, 5) is 15.2. The van der Waals surface area contributed by atoms with E-state index in [1.807, 2.05) is 37.3 Å². The van der Waals surface area contributed by atoms with Crippen molar-refractivity contribution < 1.29 is 28.2 Å². The van der Waals surface area contributed by atoms with Crippen LogP contribution in [0.4, 0.5) is 24.5 Å². The van der Waals surface area contributed by atoms with E-state index in [1.165, 1.54) is 17.0 Å². The average molecular weight is 470 g/mol. The van der Waals surface area contributed by atoms with Gasteiger partial charge in [-0.15, -0.1) is 0 Å². The molecule has 2 N–H and O–H groups in total. The normalized spacial score (nSPS) is 16.8. The van der Waals surface area contributed by atoms with Gasteiger partial charge in [0.25, 0.3) is 0 Å². The molecule has 0 spiro atoms. The van der Waals surface area contributed by atoms with Gasteiger partial charge in [-0.2, -0.15) is 13.2 Å². The molecule has 0 aromatic heterocycles. The van der Waals surface area contributed by atoms with Gasteiger partial charge in [-0.05, 0) is 42.3 Å². The Hall–Kier alpha value is -3.52. The second kappa shape index (κ2) is 9.38. The molecule has 178 valence electrons. The molecule has 34 heavy (non-hydrogen) atoms. The quantitative estimate of drug-likeness (QED) is 0.520. The molecule has 0 fully saturated rings. The Morgan fingerprint density at radius 1 is 1.03 bits per heavy atom. The van der Waals surface area contributed by atoms with Gasteiger partial charge >= 0.3 is 12.1 Å². The van der Waals surface area contributed by atoms with Crippen molar-refractivity contribution in [2.75, 3.05) is 22.9 Å². The topological polar surface area (TPSA) is 64.0 Å². The average Bonchev–Trinajstić information content (AvgIpc) is 2.80. The molecule has 0 aliphatic carbocycles. The van der Waals surface area contributed by atoms with Crippen LogP contribution in [0.5, 0.6) is 0 Å². The van der Waals surface area contributed by atoms with Crippen LogP contribution in [0.2, 0.25) is 0 Å². The standard InChI is InChI=1S/C26H25F3N2O3/c1-17-6-4-7-18(12-17)14-30-15-23(19-8-5-9-20(13-19)25(33)34)31(16-24(32)26(27,28)29)22-11-3-2-10-21(22)30/h2-13,23-24,32H,14-16H2,1H3,(H,33,34)/t23?,24-/m1/s1. The fourth-order valence-electron chi connectivity index (χ4n) is 4.41. The van der Waals surface area contributed by atoms with Crippen LogP contribution in [0.15, 0.2) is 72.8 Å². The Labute approximate surface area is 195 Å². The number of anilines is 2. The summed E-state index contributed by atoms with van der Waals surface area (Å²) in [5, 5.41) is 19.4. The molecule has 0 saturated heterocycles. The van der Waals surface area contributed by atoms with Gasteiger partial charge in [0.05, 0.1) is 29.5 Å². The van der Waals surface area contributed by atoms with Crippen LogP contribution in [0.3, 0.4) is 0 Å². The minimum absolute atomic E-state index is 0.0536. The minimum Gasteiger partial charge on any atom is -0.478 e. The number of hydrogen-bond acceptors (Lipinski definition) is 4. The van der Waals surface area contributed by atoms with E-state index in [9.17, 15) is 28.2 Å². The molecule has 4 rings (SSSR count). The van der Waals surface area contributed by atoms with Crippen LogP contribution in [-0.2, 0) is 6.54 Å². The fourth-order valence-corrected chi connectivity index (χ4v) is 4.41. The zero-order valence-electron chi connectivity index (χ0n) is 18.5. The van der Waals surface area contributed by atoms with Gasteiger partial charge in [0.1, 0.15) is 0 Å². The predicted octanol–water partition coefficient (Wildman–Crippen LogP) is 5.18. The van der Waals surface area contributed by atoms with Crippen LogP contribution >= 0.6 is 0 Å². The Kier molecular flexibility index (Phi) is 6.52.